The highest BCUT2D eigenvalue weighted by atomic mass is 32.2. The molecule has 2 rings (SSSR count). The molecule has 0 aliphatic carbocycles. The maximum Gasteiger partial charge on any atom is 0.233 e. The fourth-order valence-corrected chi connectivity index (χ4v) is 3.36. The molecular formula is C21H27NO4S. The summed E-state index contributed by atoms with van der Waals surface area (Å²) in [5, 5.41) is 2.74. The first-order chi connectivity index (χ1) is 12.9. The Hall–Kier alpha value is -2.34. The van der Waals surface area contributed by atoms with Crippen LogP contribution in [0.25, 0.3) is 0 Å². The van der Waals surface area contributed by atoms with Gasteiger partial charge >= 0.3 is 0 Å². The Bertz CT molecular complexity index is 746. The number of carbonyl (C=O) groups is 1. The summed E-state index contributed by atoms with van der Waals surface area (Å²) < 4.78 is 16.2. The van der Waals surface area contributed by atoms with Crippen LogP contribution < -0.4 is 19.5 Å². The minimum absolute atomic E-state index is 0.0164. The fourth-order valence-electron chi connectivity index (χ4n) is 2.44. The van der Waals surface area contributed by atoms with Crippen molar-refractivity contribution in [2.24, 2.45) is 0 Å². The maximum atomic E-state index is 12.4. The van der Waals surface area contributed by atoms with E-state index < -0.39 is 0 Å². The molecule has 2 aromatic rings. The topological polar surface area (TPSA) is 56.8 Å². The smallest absolute Gasteiger partial charge is 0.233 e. The van der Waals surface area contributed by atoms with Crippen LogP contribution in [-0.4, -0.2) is 31.5 Å². The number of ether oxygens (including phenoxy) is 3. The summed E-state index contributed by atoms with van der Waals surface area (Å²) in [5.74, 6) is 2.14. The Labute approximate surface area is 165 Å². The number of hydrogen-bond donors (Lipinski definition) is 1. The molecule has 0 saturated heterocycles. The molecule has 0 saturated carbocycles. The third kappa shape index (κ3) is 6.40. The molecule has 0 unspecified atom stereocenters. The minimum Gasteiger partial charge on any atom is -0.493 e. The number of benzene rings is 2. The van der Waals surface area contributed by atoms with Gasteiger partial charge in [-0.15, -0.1) is 11.8 Å². The van der Waals surface area contributed by atoms with Gasteiger partial charge in [-0.3, -0.25) is 4.79 Å². The van der Waals surface area contributed by atoms with Gasteiger partial charge in [0.05, 0.1) is 25.6 Å². The summed E-state index contributed by atoms with van der Waals surface area (Å²) >= 11 is 1.48. The molecule has 0 heterocycles. The van der Waals surface area contributed by atoms with Crippen molar-refractivity contribution in [1.29, 1.82) is 0 Å². The van der Waals surface area contributed by atoms with E-state index in [1.165, 1.54) is 11.8 Å². The average molecular weight is 390 g/mol. The summed E-state index contributed by atoms with van der Waals surface area (Å²) in [6.45, 7) is 6.35. The highest BCUT2D eigenvalue weighted by Gasteiger charge is 2.15. The lowest BCUT2D eigenvalue weighted by atomic mass is 10.2. The Morgan fingerprint density at radius 3 is 2.26 bits per heavy atom. The maximum absolute atomic E-state index is 12.4. The van der Waals surface area contributed by atoms with E-state index in [9.17, 15) is 4.79 Å². The van der Waals surface area contributed by atoms with Gasteiger partial charge in [0.15, 0.2) is 11.5 Å². The molecule has 0 spiro atoms. The first-order valence-electron chi connectivity index (χ1n) is 8.85. The van der Waals surface area contributed by atoms with Gasteiger partial charge in [0, 0.05) is 11.4 Å². The molecule has 0 fully saturated rings. The second-order valence-corrected chi connectivity index (χ2v) is 7.72. The van der Waals surface area contributed by atoms with Crippen molar-refractivity contribution in [2.75, 3.05) is 14.2 Å². The number of rotatable bonds is 9. The van der Waals surface area contributed by atoms with E-state index in [1.54, 1.807) is 14.2 Å². The summed E-state index contributed by atoms with van der Waals surface area (Å²) in [5.41, 5.74) is 1.03. The van der Waals surface area contributed by atoms with E-state index in [2.05, 4.69) is 5.32 Å². The van der Waals surface area contributed by atoms with Crippen LogP contribution in [-0.2, 0) is 11.3 Å². The van der Waals surface area contributed by atoms with Crippen LogP contribution in [0.3, 0.4) is 0 Å². The molecule has 27 heavy (non-hydrogen) atoms. The number of hydrogen-bond acceptors (Lipinski definition) is 5. The zero-order valence-electron chi connectivity index (χ0n) is 16.4. The van der Waals surface area contributed by atoms with Crippen LogP contribution in [0.2, 0.25) is 0 Å². The van der Waals surface area contributed by atoms with Crippen LogP contribution >= 0.6 is 11.8 Å². The Morgan fingerprint density at radius 2 is 1.67 bits per heavy atom. The van der Waals surface area contributed by atoms with E-state index in [0.717, 1.165) is 16.2 Å². The number of amides is 1. The molecular weight excluding hydrogens is 362 g/mol. The number of thioether (sulfide) groups is 1. The van der Waals surface area contributed by atoms with Crippen LogP contribution in [0.5, 0.6) is 17.2 Å². The van der Waals surface area contributed by atoms with Crippen molar-refractivity contribution in [3.05, 3.63) is 48.0 Å². The summed E-state index contributed by atoms with van der Waals surface area (Å²) in [4.78, 5) is 13.3. The van der Waals surface area contributed by atoms with Gasteiger partial charge in [-0.05, 0) is 56.7 Å². The van der Waals surface area contributed by atoms with Crippen LogP contribution in [0.15, 0.2) is 47.4 Å². The van der Waals surface area contributed by atoms with Crippen molar-refractivity contribution in [3.63, 3.8) is 0 Å². The van der Waals surface area contributed by atoms with Crippen LogP contribution in [0.4, 0.5) is 0 Å². The number of nitrogens with one attached hydrogen (secondary N) is 1. The van der Waals surface area contributed by atoms with E-state index in [0.29, 0.717) is 18.0 Å². The second kappa shape index (κ2) is 10.1. The van der Waals surface area contributed by atoms with Gasteiger partial charge in [0.2, 0.25) is 5.91 Å². The molecule has 0 bridgehead atoms. The van der Waals surface area contributed by atoms with Crippen LogP contribution in [0, 0.1) is 0 Å². The molecule has 0 aliphatic rings. The van der Waals surface area contributed by atoms with E-state index in [-0.39, 0.29) is 17.3 Å². The van der Waals surface area contributed by atoms with E-state index in [4.69, 9.17) is 14.2 Å². The van der Waals surface area contributed by atoms with E-state index >= 15 is 0 Å². The third-order valence-electron chi connectivity index (χ3n) is 3.80. The SMILES string of the molecule is COc1ccc(S[C@@H](C)C(=O)NCc2ccc(OC(C)C)cc2)cc1OC. The lowest BCUT2D eigenvalue weighted by Gasteiger charge is -2.14. The van der Waals surface area contributed by atoms with Crippen molar-refractivity contribution in [1.82, 2.24) is 5.32 Å². The van der Waals surface area contributed by atoms with Gasteiger partial charge in [0.25, 0.3) is 0 Å². The predicted octanol–water partition coefficient (Wildman–Crippen LogP) is 4.29. The minimum atomic E-state index is -0.230. The molecule has 0 aliphatic heterocycles. The Kier molecular flexibility index (Phi) is 7.85. The molecule has 2 aromatic carbocycles. The molecule has 0 aromatic heterocycles. The molecule has 1 amide bonds. The zero-order chi connectivity index (χ0) is 19.8. The fraction of sp³-hybridized carbons (Fsp3) is 0.381. The first kappa shape index (κ1) is 21.0. The zero-order valence-corrected chi connectivity index (χ0v) is 17.3. The summed E-state index contributed by atoms with van der Waals surface area (Å²) in [6, 6.07) is 13.4. The van der Waals surface area contributed by atoms with Crippen molar-refractivity contribution >= 4 is 17.7 Å². The lowest BCUT2D eigenvalue weighted by Crippen LogP contribution is -2.30. The molecule has 0 radical (unpaired) electrons. The normalized spacial score (nSPS) is 11.8. The molecule has 1 atom stereocenters. The van der Waals surface area contributed by atoms with Gasteiger partial charge in [-0.1, -0.05) is 12.1 Å². The predicted molar refractivity (Wildman–Crippen MR) is 109 cm³/mol. The quantitative estimate of drug-likeness (QED) is 0.649. The molecule has 5 nitrogen and oxygen atoms in total. The number of carbonyl (C=O) groups excluding carboxylic acids is 1. The summed E-state index contributed by atoms with van der Waals surface area (Å²) in [7, 11) is 3.20. The third-order valence-corrected chi connectivity index (χ3v) is 4.89. The van der Waals surface area contributed by atoms with Crippen molar-refractivity contribution in [2.45, 2.75) is 43.6 Å². The molecule has 6 heteroatoms. The van der Waals surface area contributed by atoms with Crippen molar-refractivity contribution in [3.8, 4) is 17.2 Å². The Morgan fingerprint density at radius 1 is 1.00 bits per heavy atom. The molecule has 146 valence electrons. The van der Waals surface area contributed by atoms with E-state index in [1.807, 2.05) is 63.2 Å². The monoisotopic (exact) mass is 389 g/mol. The highest BCUT2D eigenvalue weighted by molar-refractivity contribution is 8.00. The van der Waals surface area contributed by atoms with Crippen LogP contribution in [0.1, 0.15) is 26.3 Å². The molecule has 1 N–H and O–H groups in total. The standard InChI is InChI=1S/C21H27NO4S/c1-14(2)26-17-8-6-16(7-9-17)13-22-21(23)15(3)27-18-10-11-19(24-4)20(12-18)25-5/h6-12,14-15H,13H2,1-5H3,(H,22,23)/t15-/m0/s1. The average Bonchev–Trinajstić information content (AvgIpc) is 2.66. The van der Waals surface area contributed by atoms with Gasteiger partial charge in [-0.25, -0.2) is 0 Å². The van der Waals surface area contributed by atoms with Gasteiger partial charge in [0.1, 0.15) is 5.75 Å². The lowest BCUT2D eigenvalue weighted by molar-refractivity contribution is -0.120. The van der Waals surface area contributed by atoms with Gasteiger partial charge in [-0.2, -0.15) is 0 Å². The summed E-state index contributed by atoms with van der Waals surface area (Å²) in [6.07, 6.45) is 0.144. The van der Waals surface area contributed by atoms with Gasteiger partial charge < -0.3 is 19.5 Å². The highest BCUT2D eigenvalue weighted by Crippen LogP contribution is 2.33. The number of methoxy groups -OCH3 is 2. The van der Waals surface area contributed by atoms with Crippen molar-refractivity contribution < 1.29 is 19.0 Å². The Balaban J connectivity index is 1.88. The largest absolute Gasteiger partial charge is 0.493 e. The second-order valence-electron chi connectivity index (χ2n) is 6.31. The first-order valence-corrected chi connectivity index (χ1v) is 9.73.